The van der Waals surface area contributed by atoms with Gasteiger partial charge in [-0.1, -0.05) is 44.4 Å². The Morgan fingerprint density at radius 1 is 1.07 bits per heavy atom. The van der Waals surface area contributed by atoms with Gasteiger partial charge in [0.25, 0.3) is 6.33 Å². The molecule has 2 aromatic rings. The zero-order chi connectivity index (χ0) is 22.1. The van der Waals surface area contributed by atoms with Crippen LogP contribution in [-0.4, -0.2) is 38.4 Å². The lowest BCUT2D eigenvalue weighted by molar-refractivity contribution is -0.596. The number of hydrogen-bond donors (Lipinski definition) is 0. The van der Waals surface area contributed by atoms with Crippen LogP contribution in [0, 0.1) is 0 Å². The molecule has 8 nitrogen and oxygen atoms in total. The predicted molar refractivity (Wildman–Crippen MR) is 101 cm³/mol. The lowest BCUT2D eigenvalue weighted by Crippen LogP contribution is -2.27. The van der Waals surface area contributed by atoms with E-state index in [0.717, 1.165) is 12.2 Å². The number of aromatic nitrogens is 3. The van der Waals surface area contributed by atoms with Gasteiger partial charge in [0, 0.05) is 11.4 Å². The fraction of sp³-hybridized carbons (Fsp3) is 0.500. The second-order valence-corrected chi connectivity index (χ2v) is 9.52. The molecule has 0 fully saturated rings. The Hall–Kier alpha value is -1.99. The third-order valence-electron chi connectivity index (χ3n) is 3.40. The average Bonchev–Trinajstić information content (AvgIpc) is 3.06. The highest BCUT2D eigenvalue weighted by Crippen LogP contribution is 2.29. The summed E-state index contributed by atoms with van der Waals surface area (Å²) in [7, 11) is -10.5. The molecule has 0 atom stereocenters. The first kappa shape index (κ1) is 25.0. The molecule has 0 spiro atoms. The van der Waals surface area contributed by atoms with Crippen LogP contribution >= 0.6 is 0 Å². The van der Waals surface area contributed by atoms with E-state index in [1.807, 2.05) is 29.2 Å². The predicted octanol–water partition coefficient (Wildman–Crippen LogP) is 2.91. The second-order valence-electron chi connectivity index (χ2n) is 6.04. The van der Waals surface area contributed by atoms with Gasteiger partial charge in [-0.3, -0.25) is 0 Å². The van der Waals surface area contributed by atoms with Crippen molar-refractivity contribution < 1.29 is 34.6 Å². The van der Waals surface area contributed by atoms with E-state index in [4.69, 9.17) is 0 Å². The van der Waals surface area contributed by atoms with Crippen LogP contribution in [0.4, 0.5) is 13.2 Å². The summed E-state index contributed by atoms with van der Waals surface area (Å²) in [5, 5.41) is 4.37. The molecular formula is C16H23F3N4O4S2. The van der Waals surface area contributed by atoms with Crippen LogP contribution in [0.3, 0.4) is 0 Å². The molecule has 0 saturated carbocycles. The smallest absolute Gasteiger partial charge is 0.429 e. The third-order valence-corrected chi connectivity index (χ3v) is 5.86. The Kier molecular flexibility index (Phi) is 9.23. The minimum Gasteiger partial charge on any atom is -0.429 e. The molecule has 164 valence electrons. The van der Waals surface area contributed by atoms with Gasteiger partial charge >= 0.3 is 5.51 Å². The van der Waals surface area contributed by atoms with E-state index in [1.165, 1.54) is 25.7 Å². The summed E-state index contributed by atoms with van der Waals surface area (Å²) >= 11 is 0. The Balaban J connectivity index is 0.000000311. The lowest BCUT2D eigenvalue weighted by Gasteiger charge is -2.19. The van der Waals surface area contributed by atoms with Crippen molar-refractivity contribution in [2.75, 3.05) is 6.26 Å². The van der Waals surface area contributed by atoms with E-state index in [1.54, 1.807) is 4.13 Å². The van der Waals surface area contributed by atoms with Crippen LogP contribution in [0.25, 0.3) is 9.81 Å². The Morgan fingerprint density at radius 3 is 2.17 bits per heavy atom. The lowest BCUT2D eigenvalue weighted by atomic mass is 10.2. The van der Waals surface area contributed by atoms with Gasteiger partial charge in [-0.05, 0) is 18.6 Å². The number of hydrogen-bond acceptors (Lipinski definition) is 5. The molecule has 0 aliphatic rings. The summed E-state index contributed by atoms with van der Waals surface area (Å²) < 4.78 is 80.0. The van der Waals surface area contributed by atoms with E-state index in [0.29, 0.717) is 0 Å². The summed E-state index contributed by atoms with van der Waals surface area (Å²) in [6, 6.07) is 10.3. The topological polar surface area (TPSA) is 104 Å². The highest BCUT2D eigenvalue weighted by Gasteiger charge is 2.39. The molecule has 0 aliphatic heterocycles. The number of sulfonamides is 2. The van der Waals surface area contributed by atoms with Gasteiger partial charge in [-0.15, -0.1) is 4.68 Å². The summed E-state index contributed by atoms with van der Waals surface area (Å²) in [6.07, 6.45) is 9.28. The third kappa shape index (κ3) is 9.37. The highest BCUT2D eigenvalue weighted by molar-refractivity contribution is 8.12. The number of rotatable bonds is 8. The molecule has 29 heavy (non-hydrogen) atoms. The van der Waals surface area contributed by atoms with Crippen molar-refractivity contribution in [3.05, 3.63) is 47.1 Å². The largest absolute Gasteiger partial charge is 0.480 e. The normalized spacial score (nSPS) is 12.3. The molecule has 0 saturated heterocycles. The van der Waals surface area contributed by atoms with Crippen molar-refractivity contribution in [3.63, 3.8) is 0 Å². The number of benzene rings is 1. The molecule has 1 aromatic heterocycles. The van der Waals surface area contributed by atoms with E-state index in [2.05, 4.69) is 35.0 Å². The highest BCUT2D eigenvalue weighted by atomic mass is 32.3. The Morgan fingerprint density at radius 2 is 1.69 bits per heavy atom. The number of halogens is 3. The van der Waals surface area contributed by atoms with Crippen molar-refractivity contribution in [1.82, 2.24) is 9.78 Å². The fourth-order valence-electron chi connectivity index (χ4n) is 2.10. The minimum absolute atomic E-state index is 0.246. The first-order valence-electron chi connectivity index (χ1n) is 8.60. The summed E-state index contributed by atoms with van der Waals surface area (Å²) in [4.78, 5) is 0. The van der Waals surface area contributed by atoms with Gasteiger partial charge in [0.1, 0.15) is 12.2 Å². The molecule has 0 radical (unpaired) electrons. The van der Waals surface area contributed by atoms with Crippen LogP contribution in [0.15, 0.2) is 43.0 Å². The number of aryl methyl sites for hydroxylation is 1. The molecule has 13 heteroatoms. The maximum absolute atomic E-state index is 11.4. The molecule has 0 bridgehead atoms. The van der Waals surface area contributed by atoms with Crippen LogP contribution in [0.2, 0.25) is 0 Å². The zero-order valence-corrected chi connectivity index (χ0v) is 17.6. The van der Waals surface area contributed by atoms with Gasteiger partial charge in [-0.25, -0.2) is 21.4 Å². The van der Waals surface area contributed by atoms with Crippen LogP contribution in [0.5, 0.6) is 0 Å². The number of nitrogens with zero attached hydrogens (tertiary/aromatic N) is 4. The number of alkyl halides is 3. The summed E-state index contributed by atoms with van der Waals surface area (Å²) in [6.45, 7) is 3.25. The Labute approximate surface area is 168 Å². The molecule has 0 N–H and O–H groups in total. The van der Waals surface area contributed by atoms with E-state index >= 15 is 0 Å². The molecule has 0 aliphatic carbocycles. The van der Waals surface area contributed by atoms with Gasteiger partial charge in [0.15, 0.2) is 10.0 Å². The maximum atomic E-state index is 11.4. The molecular weight excluding hydrogens is 433 g/mol. The van der Waals surface area contributed by atoms with Crippen LogP contribution in [-0.2, 0) is 26.6 Å². The van der Waals surface area contributed by atoms with Gasteiger partial charge in [0.2, 0.25) is 6.33 Å². The number of unbranched alkanes of at least 4 members (excludes halogenated alkanes) is 3. The minimum atomic E-state index is -5.92. The molecule has 0 amide bonds. The van der Waals surface area contributed by atoms with Crippen molar-refractivity contribution in [2.45, 2.75) is 44.7 Å². The van der Waals surface area contributed by atoms with Crippen molar-refractivity contribution >= 4 is 20.0 Å². The quantitative estimate of drug-likeness (QED) is 0.449. The van der Waals surface area contributed by atoms with Gasteiger partial charge in [-0.2, -0.15) is 13.2 Å². The summed E-state index contributed by atoms with van der Waals surface area (Å²) in [5.74, 6) is 0. The molecule has 0 unspecified atom stereocenters. The Bertz CT molecular complexity index is 960. The summed E-state index contributed by atoms with van der Waals surface area (Å²) in [5.41, 5.74) is -4.51. The van der Waals surface area contributed by atoms with Crippen molar-refractivity contribution in [3.8, 4) is 5.69 Å². The average molecular weight is 457 g/mol. The fourth-order valence-corrected chi connectivity index (χ4v) is 3.86. The van der Waals surface area contributed by atoms with Crippen LogP contribution < -0.4 is 4.57 Å². The monoisotopic (exact) mass is 456 g/mol. The zero-order valence-electron chi connectivity index (χ0n) is 15.9. The standard InChI is InChI=1S/C14H20N3.C2H3F3NO4S2/c1-2-3-4-8-11-17-13-16(12-15-17)14-9-6-5-7-10-14;1-11(7,8)6-12(9,10)2(3,4)5/h5-7,9-10,12-13H,2-4,8,11H2,1H3;1H3/q+1;-1. The molecule has 1 aromatic carbocycles. The van der Waals surface area contributed by atoms with E-state index in [9.17, 15) is 30.0 Å². The van der Waals surface area contributed by atoms with E-state index < -0.39 is 25.6 Å². The molecule has 2 rings (SSSR count). The van der Waals surface area contributed by atoms with Crippen molar-refractivity contribution in [1.29, 1.82) is 0 Å². The van der Waals surface area contributed by atoms with Gasteiger partial charge < -0.3 is 4.13 Å². The van der Waals surface area contributed by atoms with Gasteiger partial charge in [0.05, 0.1) is 10.0 Å². The van der Waals surface area contributed by atoms with E-state index in [-0.39, 0.29) is 6.26 Å². The first-order valence-corrected chi connectivity index (χ1v) is 11.9. The van der Waals surface area contributed by atoms with Crippen LogP contribution in [0.1, 0.15) is 32.6 Å². The SMILES string of the molecule is CCCCCCn1c[n+](-c2ccccc2)cn1.CS(=O)(=O)[N-]S(=O)(=O)C(F)(F)F. The number of para-hydroxylation sites is 1. The second kappa shape index (κ2) is 10.7. The first-order chi connectivity index (χ1) is 13.4. The van der Waals surface area contributed by atoms with Crippen molar-refractivity contribution in [2.24, 2.45) is 0 Å². The maximum Gasteiger partial charge on any atom is 0.480 e. The molecule has 1 heterocycles.